The fraction of sp³-hybridized carbons (Fsp3) is 0.429. The van der Waals surface area contributed by atoms with Crippen LogP contribution in [0.2, 0.25) is 0 Å². The largest absolute Gasteiger partial charge is 0.453 e. The third-order valence-electron chi connectivity index (χ3n) is 5.42. The Morgan fingerprint density at radius 3 is 2.35 bits per heavy atom. The molecule has 1 heterocycles. The zero-order chi connectivity index (χ0) is 15.7. The van der Waals surface area contributed by atoms with Gasteiger partial charge in [-0.05, 0) is 42.0 Å². The van der Waals surface area contributed by atoms with Gasteiger partial charge in [0, 0.05) is 0 Å². The number of nitrogens with zero attached hydrogens (tertiary/aromatic N) is 1. The van der Waals surface area contributed by atoms with Gasteiger partial charge in [0.15, 0.2) is 11.5 Å². The number of fused-ring (bicyclic) bond motifs is 2. The summed E-state index contributed by atoms with van der Waals surface area (Å²) in [7, 11) is 0. The number of para-hydroxylation sites is 3. The molecule has 0 amide bonds. The Kier molecular flexibility index (Phi) is 3.76. The Labute approximate surface area is 138 Å². The van der Waals surface area contributed by atoms with Gasteiger partial charge < -0.3 is 4.74 Å². The van der Waals surface area contributed by atoms with Crippen molar-refractivity contribution in [2.75, 3.05) is 0 Å². The SMILES string of the molecule is CC1(c2cccc3c2[N]c2ccccc2O3)CCCCCCC1. The zero-order valence-electron chi connectivity index (χ0n) is 13.8. The van der Waals surface area contributed by atoms with E-state index in [0.717, 1.165) is 22.9 Å². The maximum Gasteiger partial charge on any atom is 0.153 e. The van der Waals surface area contributed by atoms with Crippen LogP contribution in [-0.2, 0) is 5.41 Å². The van der Waals surface area contributed by atoms with Crippen molar-refractivity contribution in [2.24, 2.45) is 0 Å². The maximum atomic E-state index is 6.12. The number of benzene rings is 2. The van der Waals surface area contributed by atoms with E-state index in [0.29, 0.717) is 0 Å². The molecule has 2 aliphatic rings. The summed E-state index contributed by atoms with van der Waals surface area (Å²) in [6, 6.07) is 14.5. The average Bonchev–Trinajstić information content (AvgIpc) is 2.56. The Bertz CT molecular complexity index is 699. The highest BCUT2D eigenvalue weighted by Crippen LogP contribution is 2.49. The maximum absolute atomic E-state index is 6.12. The van der Waals surface area contributed by atoms with E-state index < -0.39 is 0 Å². The van der Waals surface area contributed by atoms with E-state index in [2.05, 4.69) is 19.1 Å². The standard InChI is InChI=1S/C21H24NO/c1-21(14-7-3-2-4-8-15-21)16-10-9-13-19-20(16)22-17-11-5-6-12-18(17)23-19/h5-6,9-13H,2-4,7-8,14-15H2,1H3. The molecule has 0 bridgehead atoms. The topological polar surface area (TPSA) is 23.3 Å². The molecule has 1 fully saturated rings. The minimum absolute atomic E-state index is 0.213. The first-order chi connectivity index (χ1) is 11.3. The molecule has 4 rings (SSSR count). The van der Waals surface area contributed by atoms with Crippen molar-refractivity contribution in [3.8, 4) is 11.5 Å². The van der Waals surface area contributed by atoms with Crippen LogP contribution in [-0.4, -0.2) is 0 Å². The molecule has 0 spiro atoms. The summed E-state index contributed by atoms with van der Waals surface area (Å²) in [4.78, 5) is 0. The minimum atomic E-state index is 0.213. The first kappa shape index (κ1) is 14.6. The molecule has 1 aliphatic heterocycles. The van der Waals surface area contributed by atoms with E-state index in [1.807, 2.05) is 30.3 Å². The Morgan fingerprint density at radius 1 is 0.826 bits per heavy atom. The summed E-state index contributed by atoms with van der Waals surface area (Å²) < 4.78 is 6.12. The lowest BCUT2D eigenvalue weighted by atomic mass is 9.72. The number of hydrogen-bond donors (Lipinski definition) is 0. The molecular formula is C21H24NO. The molecule has 2 aromatic rings. The molecule has 1 radical (unpaired) electrons. The second-order valence-electron chi connectivity index (χ2n) is 7.16. The monoisotopic (exact) mass is 306 g/mol. The predicted octanol–water partition coefficient (Wildman–Crippen LogP) is 6.36. The Balaban J connectivity index is 1.74. The van der Waals surface area contributed by atoms with Gasteiger partial charge in [-0.1, -0.05) is 63.3 Å². The van der Waals surface area contributed by atoms with Gasteiger partial charge in [-0.2, -0.15) is 0 Å². The highest BCUT2D eigenvalue weighted by molar-refractivity contribution is 5.71. The van der Waals surface area contributed by atoms with Crippen molar-refractivity contribution in [3.05, 3.63) is 48.0 Å². The van der Waals surface area contributed by atoms with E-state index >= 15 is 0 Å². The van der Waals surface area contributed by atoms with E-state index in [-0.39, 0.29) is 5.41 Å². The van der Waals surface area contributed by atoms with Crippen LogP contribution in [0.4, 0.5) is 11.4 Å². The summed E-state index contributed by atoms with van der Waals surface area (Å²) in [6.45, 7) is 2.42. The van der Waals surface area contributed by atoms with Crippen LogP contribution in [0.3, 0.4) is 0 Å². The molecule has 2 aromatic carbocycles. The van der Waals surface area contributed by atoms with E-state index in [1.54, 1.807) is 0 Å². The molecule has 0 unspecified atom stereocenters. The van der Waals surface area contributed by atoms with Gasteiger partial charge in [-0.3, -0.25) is 0 Å². The van der Waals surface area contributed by atoms with E-state index in [4.69, 9.17) is 10.1 Å². The fourth-order valence-electron chi connectivity index (χ4n) is 4.04. The molecule has 1 aliphatic carbocycles. The predicted molar refractivity (Wildman–Crippen MR) is 94.1 cm³/mol. The zero-order valence-corrected chi connectivity index (χ0v) is 13.8. The molecule has 119 valence electrons. The molecular weight excluding hydrogens is 282 g/mol. The van der Waals surface area contributed by atoms with Crippen LogP contribution >= 0.6 is 0 Å². The van der Waals surface area contributed by atoms with Crippen molar-refractivity contribution < 1.29 is 4.74 Å². The second kappa shape index (κ2) is 5.92. The van der Waals surface area contributed by atoms with Gasteiger partial charge in [0.1, 0.15) is 11.4 Å². The van der Waals surface area contributed by atoms with Crippen LogP contribution in [0.25, 0.3) is 0 Å². The lowest BCUT2D eigenvalue weighted by Gasteiger charge is -2.35. The normalized spacial score (nSPS) is 19.3. The van der Waals surface area contributed by atoms with Crippen LogP contribution in [0.1, 0.15) is 57.4 Å². The van der Waals surface area contributed by atoms with Crippen LogP contribution < -0.4 is 10.1 Å². The van der Waals surface area contributed by atoms with Crippen molar-refractivity contribution in [2.45, 2.75) is 57.3 Å². The fourth-order valence-corrected chi connectivity index (χ4v) is 4.04. The molecule has 0 atom stereocenters. The molecule has 23 heavy (non-hydrogen) atoms. The lowest BCUT2D eigenvalue weighted by molar-refractivity contribution is 0.339. The third kappa shape index (κ3) is 2.71. The second-order valence-corrected chi connectivity index (χ2v) is 7.16. The van der Waals surface area contributed by atoms with Crippen LogP contribution in [0.15, 0.2) is 42.5 Å². The van der Waals surface area contributed by atoms with Gasteiger partial charge in [-0.25, -0.2) is 5.32 Å². The summed E-state index contributed by atoms with van der Waals surface area (Å²) in [5.74, 6) is 1.77. The smallest absolute Gasteiger partial charge is 0.153 e. The first-order valence-corrected chi connectivity index (χ1v) is 8.88. The summed E-state index contributed by atoms with van der Waals surface area (Å²) in [5.41, 5.74) is 3.58. The van der Waals surface area contributed by atoms with Gasteiger partial charge in [0.05, 0.1) is 0 Å². The van der Waals surface area contributed by atoms with Crippen LogP contribution in [0.5, 0.6) is 11.5 Å². The van der Waals surface area contributed by atoms with Gasteiger partial charge in [0.25, 0.3) is 0 Å². The van der Waals surface area contributed by atoms with E-state index in [9.17, 15) is 0 Å². The lowest BCUT2D eigenvalue weighted by Crippen LogP contribution is -2.25. The average molecular weight is 306 g/mol. The molecule has 0 aromatic heterocycles. The van der Waals surface area contributed by atoms with Gasteiger partial charge in [-0.15, -0.1) is 0 Å². The molecule has 1 saturated carbocycles. The van der Waals surface area contributed by atoms with Gasteiger partial charge in [0.2, 0.25) is 0 Å². The highest BCUT2D eigenvalue weighted by Gasteiger charge is 2.32. The van der Waals surface area contributed by atoms with Gasteiger partial charge >= 0.3 is 0 Å². The first-order valence-electron chi connectivity index (χ1n) is 8.88. The summed E-state index contributed by atoms with van der Waals surface area (Å²) in [6.07, 6.45) is 9.25. The quantitative estimate of drug-likeness (QED) is 0.513. The van der Waals surface area contributed by atoms with Crippen molar-refractivity contribution in [3.63, 3.8) is 0 Å². The minimum Gasteiger partial charge on any atom is -0.453 e. The van der Waals surface area contributed by atoms with Crippen molar-refractivity contribution in [1.82, 2.24) is 5.32 Å². The molecule has 2 heteroatoms. The van der Waals surface area contributed by atoms with Crippen molar-refractivity contribution >= 4 is 11.4 Å². The molecule has 0 N–H and O–H groups in total. The van der Waals surface area contributed by atoms with Crippen molar-refractivity contribution in [1.29, 1.82) is 0 Å². The highest BCUT2D eigenvalue weighted by atomic mass is 16.5. The summed E-state index contributed by atoms with van der Waals surface area (Å²) in [5, 5.41) is 4.96. The molecule has 0 saturated heterocycles. The Morgan fingerprint density at radius 2 is 1.52 bits per heavy atom. The number of rotatable bonds is 1. The van der Waals surface area contributed by atoms with E-state index in [1.165, 1.54) is 50.5 Å². The van der Waals surface area contributed by atoms with Crippen LogP contribution in [0, 0.1) is 0 Å². The number of hydrogen-bond acceptors (Lipinski definition) is 1. The molecule has 2 nitrogen and oxygen atoms in total. The third-order valence-corrected chi connectivity index (χ3v) is 5.42. The summed E-state index contributed by atoms with van der Waals surface area (Å²) >= 11 is 0. The Hall–Kier alpha value is -1.96. The number of ether oxygens (including phenoxy) is 1.